The van der Waals surface area contributed by atoms with E-state index >= 15 is 0 Å². The lowest BCUT2D eigenvalue weighted by atomic mass is 10.2. The van der Waals surface area contributed by atoms with Crippen molar-refractivity contribution in [3.8, 4) is 5.75 Å². The Balaban J connectivity index is 0.000000257. The van der Waals surface area contributed by atoms with Crippen LogP contribution in [0.25, 0.3) is 0 Å². The smallest absolute Gasteiger partial charge is 0.406 e. The van der Waals surface area contributed by atoms with Crippen molar-refractivity contribution >= 4 is 34.5 Å². The number of aryl methyl sites for hydroxylation is 1. The van der Waals surface area contributed by atoms with E-state index in [4.69, 9.17) is 5.73 Å². The maximum absolute atomic E-state index is 11.8. The Kier molecular flexibility index (Phi) is 9.33. The van der Waals surface area contributed by atoms with Crippen molar-refractivity contribution < 1.29 is 22.7 Å². The van der Waals surface area contributed by atoms with Gasteiger partial charge in [-0.05, 0) is 36.2 Å². The number of nitrogens with zero attached hydrogens (tertiary/aromatic N) is 5. The molecular formula is C20H24F3N7O2S. The predicted molar refractivity (Wildman–Crippen MR) is 120 cm³/mol. The molecular weight excluding hydrogens is 459 g/mol. The number of anilines is 3. The second-order valence-electron chi connectivity index (χ2n) is 6.85. The number of likely N-dealkylation sites (N-methyl/N-ethyl adjacent to an activating group) is 1. The average Bonchev–Trinajstić information content (AvgIpc) is 3.20. The number of nitrogen functional groups attached to an aromatic ring is 1. The summed E-state index contributed by atoms with van der Waals surface area (Å²) in [6, 6.07) is 9.45. The summed E-state index contributed by atoms with van der Waals surface area (Å²) in [6.45, 7) is 4.63. The van der Waals surface area contributed by atoms with E-state index in [1.807, 2.05) is 25.8 Å². The van der Waals surface area contributed by atoms with Gasteiger partial charge in [-0.1, -0.05) is 37.3 Å². The molecule has 3 rings (SSSR count). The number of alkyl halides is 3. The van der Waals surface area contributed by atoms with E-state index in [0.29, 0.717) is 36.1 Å². The number of aromatic nitrogens is 4. The SMILES string of the molecule is CC(CN(C)c1ccc(NC=O)nn1)c1nnc(N)s1.CCc1cccc(OC(F)(F)F)c1. The van der Waals surface area contributed by atoms with Crippen molar-refractivity contribution in [2.24, 2.45) is 0 Å². The molecule has 13 heteroatoms. The van der Waals surface area contributed by atoms with Crippen molar-refractivity contribution in [3.63, 3.8) is 0 Å². The molecule has 1 amide bonds. The topological polar surface area (TPSA) is 119 Å². The summed E-state index contributed by atoms with van der Waals surface area (Å²) in [5.74, 6) is 1.16. The Morgan fingerprint density at radius 2 is 1.97 bits per heavy atom. The molecule has 3 aromatic rings. The molecule has 9 nitrogen and oxygen atoms in total. The van der Waals surface area contributed by atoms with Crippen LogP contribution in [-0.2, 0) is 11.2 Å². The van der Waals surface area contributed by atoms with Crippen LogP contribution in [0.1, 0.15) is 30.3 Å². The van der Waals surface area contributed by atoms with Crippen LogP contribution in [0.3, 0.4) is 0 Å². The molecule has 0 fully saturated rings. The highest BCUT2D eigenvalue weighted by Gasteiger charge is 2.31. The molecule has 0 bridgehead atoms. The van der Waals surface area contributed by atoms with E-state index in [1.165, 1.54) is 23.5 Å². The van der Waals surface area contributed by atoms with Crippen LogP contribution in [0.15, 0.2) is 36.4 Å². The number of rotatable bonds is 8. The van der Waals surface area contributed by atoms with Crippen LogP contribution in [0.2, 0.25) is 0 Å². The van der Waals surface area contributed by atoms with Crippen molar-refractivity contribution in [1.82, 2.24) is 20.4 Å². The summed E-state index contributed by atoms with van der Waals surface area (Å²) >= 11 is 1.39. The average molecular weight is 484 g/mol. The zero-order chi connectivity index (χ0) is 24.4. The highest BCUT2D eigenvalue weighted by Crippen LogP contribution is 2.24. The number of hydrogen-bond donors (Lipinski definition) is 2. The summed E-state index contributed by atoms with van der Waals surface area (Å²) in [5, 5.41) is 19.6. The highest BCUT2D eigenvalue weighted by molar-refractivity contribution is 7.15. The first-order valence-electron chi connectivity index (χ1n) is 9.79. The number of carbonyl (C=O) groups is 1. The number of hydrogen-bond acceptors (Lipinski definition) is 9. The Morgan fingerprint density at radius 1 is 1.21 bits per heavy atom. The lowest BCUT2D eigenvalue weighted by Crippen LogP contribution is -2.24. The quantitative estimate of drug-likeness (QED) is 0.464. The summed E-state index contributed by atoms with van der Waals surface area (Å²) in [5.41, 5.74) is 6.40. The molecule has 33 heavy (non-hydrogen) atoms. The Morgan fingerprint density at radius 3 is 2.52 bits per heavy atom. The minimum atomic E-state index is -4.60. The van der Waals surface area contributed by atoms with Gasteiger partial charge in [0.05, 0.1) is 0 Å². The maximum Gasteiger partial charge on any atom is 0.573 e. The van der Waals surface area contributed by atoms with Crippen LogP contribution >= 0.6 is 11.3 Å². The molecule has 0 saturated heterocycles. The summed E-state index contributed by atoms with van der Waals surface area (Å²) in [6.07, 6.45) is -3.35. The van der Waals surface area contributed by atoms with E-state index < -0.39 is 6.36 Å². The summed E-state index contributed by atoms with van der Waals surface area (Å²) in [4.78, 5) is 12.2. The minimum Gasteiger partial charge on any atom is -0.406 e. The Bertz CT molecular complexity index is 1020. The molecule has 0 aliphatic heterocycles. The predicted octanol–water partition coefficient (Wildman–Crippen LogP) is 3.87. The van der Waals surface area contributed by atoms with Crippen LogP contribution in [0.4, 0.5) is 29.9 Å². The molecule has 0 aliphatic carbocycles. The Hall–Kier alpha value is -3.48. The third-order valence-electron chi connectivity index (χ3n) is 4.21. The van der Waals surface area contributed by atoms with E-state index in [9.17, 15) is 18.0 Å². The molecule has 2 heterocycles. The van der Waals surface area contributed by atoms with Gasteiger partial charge >= 0.3 is 6.36 Å². The van der Waals surface area contributed by atoms with Gasteiger partial charge in [-0.2, -0.15) is 0 Å². The summed E-state index contributed by atoms with van der Waals surface area (Å²) in [7, 11) is 1.91. The normalized spacial score (nSPS) is 11.7. The third-order valence-corrected chi connectivity index (χ3v) is 5.20. The number of benzene rings is 1. The number of nitrogens with two attached hydrogens (primary N) is 1. The van der Waals surface area contributed by atoms with Gasteiger partial charge in [-0.25, -0.2) is 0 Å². The highest BCUT2D eigenvalue weighted by atomic mass is 32.1. The van der Waals surface area contributed by atoms with Gasteiger partial charge in [0, 0.05) is 19.5 Å². The van der Waals surface area contributed by atoms with E-state index in [2.05, 4.69) is 30.4 Å². The molecule has 0 radical (unpaired) electrons. The zero-order valence-corrected chi connectivity index (χ0v) is 19.0. The van der Waals surface area contributed by atoms with Crippen LogP contribution in [-0.4, -0.2) is 46.8 Å². The number of nitrogens with one attached hydrogen (secondary N) is 1. The molecule has 178 valence electrons. The Labute approximate surface area is 192 Å². The number of carbonyl (C=O) groups excluding carboxylic acids is 1. The molecule has 1 aromatic carbocycles. The second-order valence-corrected chi connectivity index (χ2v) is 7.89. The second kappa shape index (κ2) is 11.9. The number of ether oxygens (including phenoxy) is 1. The first-order chi connectivity index (χ1) is 15.6. The van der Waals surface area contributed by atoms with Gasteiger partial charge in [0.1, 0.15) is 10.8 Å². The molecule has 1 atom stereocenters. The fraction of sp³-hybridized carbons (Fsp3) is 0.350. The van der Waals surface area contributed by atoms with Gasteiger partial charge in [0.15, 0.2) is 11.6 Å². The van der Waals surface area contributed by atoms with E-state index in [-0.39, 0.29) is 11.7 Å². The molecule has 1 unspecified atom stereocenters. The van der Waals surface area contributed by atoms with Crippen molar-refractivity contribution in [3.05, 3.63) is 47.0 Å². The summed E-state index contributed by atoms with van der Waals surface area (Å²) < 4.78 is 39.0. The fourth-order valence-corrected chi connectivity index (χ4v) is 3.31. The molecule has 0 aliphatic rings. The minimum absolute atomic E-state index is 0.160. The fourth-order valence-electron chi connectivity index (χ4n) is 2.66. The number of amides is 1. The van der Waals surface area contributed by atoms with Crippen LogP contribution in [0.5, 0.6) is 5.75 Å². The monoisotopic (exact) mass is 483 g/mol. The lowest BCUT2D eigenvalue weighted by molar-refractivity contribution is -0.274. The van der Waals surface area contributed by atoms with Crippen LogP contribution < -0.4 is 20.7 Å². The molecule has 3 N–H and O–H groups in total. The van der Waals surface area contributed by atoms with Crippen molar-refractivity contribution in [1.29, 1.82) is 0 Å². The standard InChI is InChI=1S/C11H15N7OS.C9H9F3O/c1-7(10-16-17-11(12)20-10)5-18(2)9-4-3-8(13-6-19)14-15-9;1-2-7-4-3-5-8(6-7)13-9(10,11)12/h3-4,6-7H,5H2,1-2H3,(H2,12,17)(H,13,14,19);3-6H,2H2,1H3. The van der Waals surface area contributed by atoms with E-state index in [0.717, 1.165) is 10.6 Å². The molecule has 2 aromatic heterocycles. The van der Waals surface area contributed by atoms with Crippen LogP contribution in [0, 0.1) is 0 Å². The first-order valence-corrected chi connectivity index (χ1v) is 10.6. The van der Waals surface area contributed by atoms with Gasteiger partial charge < -0.3 is 20.7 Å². The van der Waals surface area contributed by atoms with Gasteiger partial charge in [0.25, 0.3) is 0 Å². The number of halogens is 3. The largest absolute Gasteiger partial charge is 0.573 e. The van der Waals surface area contributed by atoms with Gasteiger partial charge in [0.2, 0.25) is 11.5 Å². The molecule has 0 saturated carbocycles. The van der Waals surface area contributed by atoms with Gasteiger partial charge in [-0.3, -0.25) is 4.79 Å². The van der Waals surface area contributed by atoms with Gasteiger partial charge in [-0.15, -0.1) is 33.6 Å². The molecule has 0 spiro atoms. The lowest BCUT2D eigenvalue weighted by Gasteiger charge is -2.20. The third kappa shape index (κ3) is 8.88. The first kappa shape index (κ1) is 25.8. The van der Waals surface area contributed by atoms with E-state index in [1.54, 1.807) is 24.3 Å². The maximum atomic E-state index is 11.8. The van der Waals surface area contributed by atoms with Crippen molar-refractivity contribution in [2.45, 2.75) is 32.5 Å². The van der Waals surface area contributed by atoms with Crippen molar-refractivity contribution in [2.75, 3.05) is 29.5 Å². The zero-order valence-electron chi connectivity index (χ0n) is 18.2.